The number of hydrogen-bond donors (Lipinski definition) is 1. The summed E-state index contributed by atoms with van der Waals surface area (Å²) in [5, 5.41) is 3.52. The fourth-order valence-corrected chi connectivity index (χ4v) is 3.46. The highest BCUT2D eigenvalue weighted by Gasteiger charge is 2.34. The molecule has 0 aliphatic carbocycles. The van der Waals surface area contributed by atoms with Crippen LogP contribution in [0.5, 0.6) is 0 Å². The van der Waals surface area contributed by atoms with Crippen molar-refractivity contribution in [2.24, 2.45) is 5.92 Å². The molecule has 2 nitrogen and oxygen atoms in total. The molecule has 19 heavy (non-hydrogen) atoms. The molecule has 4 heteroatoms. The van der Waals surface area contributed by atoms with Gasteiger partial charge in [0.05, 0.1) is 0 Å². The second kappa shape index (κ2) is 5.17. The zero-order valence-electron chi connectivity index (χ0n) is 11.2. The third kappa shape index (κ3) is 2.51. The van der Waals surface area contributed by atoms with Crippen molar-refractivity contribution in [2.75, 3.05) is 19.6 Å². The van der Waals surface area contributed by atoms with E-state index in [0.717, 1.165) is 26.1 Å². The number of likely N-dealkylation sites (tertiary alicyclic amines) is 1. The molecule has 1 aromatic rings. The zero-order valence-corrected chi connectivity index (χ0v) is 11.2. The summed E-state index contributed by atoms with van der Waals surface area (Å²) < 4.78 is 27.1. The van der Waals surface area contributed by atoms with Crippen LogP contribution in [0.3, 0.4) is 0 Å². The molecule has 0 amide bonds. The average molecular weight is 266 g/mol. The molecule has 2 fully saturated rings. The van der Waals surface area contributed by atoms with Gasteiger partial charge in [-0.1, -0.05) is 0 Å². The first-order valence-corrected chi connectivity index (χ1v) is 7.07. The fourth-order valence-electron chi connectivity index (χ4n) is 3.46. The summed E-state index contributed by atoms with van der Waals surface area (Å²) in [6.07, 6.45) is 2.30. The van der Waals surface area contributed by atoms with E-state index in [1.807, 2.05) is 6.92 Å². The molecule has 104 valence electrons. The van der Waals surface area contributed by atoms with E-state index in [9.17, 15) is 8.78 Å². The van der Waals surface area contributed by atoms with E-state index < -0.39 is 0 Å². The molecule has 3 rings (SSSR count). The van der Waals surface area contributed by atoms with Crippen LogP contribution < -0.4 is 5.32 Å². The topological polar surface area (TPSA) is 15.3 Å². The summed E-state index contributed by atoms with van der Waals surface area (Å²) in [6.45, 7) is 4.99. The molecule has 1 N–H and O–H groups in total. The Morgan fingerprint density at radius 2 is 2.16 bits per heavy atom. The Kier molecular flexibility index (Phi) is 3.54. The van der Waals surface area contributed by atoms with Crippen molar-refractivity contribution in [3.63, 3.8) is 0 Å². The van der Waals surface area contributed by atoms with Crippen LogP contribution in [0.1, 0.15) is 31.4 Å². The molecule has 0 aromatic heterocycles. The van der Waals surface area contributed by atoms with Gasteiger partial charge in [0, 0.05) is 30.7 Å². The number of hydrogen-bond acceptors (Lipinski definition) is 2. The van der Waals surface area contributed by atoms with Gasteiger partial charge in [0.15, 0.2) is 0 Å². The van der Waals surface area contributed by atoms with Gasteiger partial charge < -0.3 is 5.32 Å². The number of halogens is 2. The van der Waals surface area contributed by atoms with Crippen LogP contribution in [0, 0.1) is 17.6 Å². The molecule has 3 unspecified atom stereocenters. The molecule has 3 atom stereocenters. The number of benzene rings is 1. The van der Waals surface area contributed by atoms with Crippen LogP contribution in [0.25, 0.3) is 0 Å². The summed E-state index contributed by atoms with van der Waals surface area (Å²) in [5.41, 5.74) is 0.476. The van der Waals surface area contributed by atoms with Gasteiger partial charge in [-0.3, -0.25) is 4.90 Å². The van der Waals surface area contributed by atoms with E-state index in [2.05, 4.69) is 10.2 Å². The maximum Gasteiger partial charge on any atom is 0.128 e. The van der Waals surface area contributed by atoms with E-state index >= 15 is 0 Å². The first-order valence-electron chi connectivity index (χ1n) is 7.07. The highest BCUT2D eigenvalue weighted by molar-refractivity contribution is 5.22. The van der Waals surface area contributed by atoms with Gasteiger partial charge in [0.2, 0.25) is 0 Å². The fraction of sp³-hybridized carbons (Fsp3) is 0.600. The standard InChI is InChI=1S/C15H20F2N2/c1-10(13-8-12(16)2-3-14(13)17)19-7-5-15-11(9-19)4-6-18-15/h2-3,8,10-11,15,18H,4-7,9H2,1H3. The molecular weight excluding hydrogens is 246 g/mol. The smallest absolute Gasteiger partial charge is 0.128 e. The first-order chi connectivity index (χ1) is 9.15. The Morgan fingerprint density at radius 3 is 3.00 bits per heavy atom. The van der Waals surface area contributed by atoms with Crippen molar-refractivity contribution in [3.8, 4) is 0 Å². The van der Waals surface area contributed by atoms with Crippen LogP contribution in [-0.4, -0.2) is 30.6 Å². The van der Waals surface area contributed by atoms with Crippen LogP contribution in [-0.2, 0) is 0 Å². The number of nitrogens with zero attached hydrogens (tertiary/aromatic N) is 1. The molecule has 2 heterocycles. The van der Waals surface area contributed by atoms with Gasteiger partial charge >= 0.3 is 0 Å². The summed E-state index contributed by atoms with van der Waals surface area (Å²) in [4.78, 5) is 2.28. The minimum atomic E-state index is -0.360. The molecule has 0 spiro atoms. The largest absolute Gasteiger partial charge is 0.314 e. The van der Waals surface area contributed by atoms with Crippen molar-refractivity contribution < 1.29 is 8.78 Å². The van der Waals surface area contributed by atoms with Gasteiger partial charge in [-0.25, -0.2) is 8.78 Å². The van der Waals surface area contributed by atoms with Crippen molar-refractivity contribution in [1.29, 1.82) is 0 Å². The highest BCUT2D eigenvalue weighted by Crippen LogP contribution is 2.31. The van der Waals surface area contributed by atoms with Gasteiger partial charge in [0.25, 0.3) is 0 Å². The maximum absolute atomic E-state index is 13.8. The van der Waals surface area contributed by atoms with Gasteiger partial charge in [-0.15, -0.1) is 0 Å². The third-order valence-corrected chi connectivity index (χ3v) is 4.64. The van der Waals surface area contributed by atoms with E-state index in [4.69, 9.17) is 0 Å². The Labute approximate surface area is 112 Å². The molecule has 0 saturated carbocycles. The molecule has 1 aromatic carbocycles. The second-order valence-electron chi connectivity index (χ2n) is 5.73. The number of piperidine rings is 1. The van der Waals surface area contributed by atoms with Crippen molar-refractivity contribution >= 4 is 0 Å². The second-order valence-corrected chi connectivity index (χ2v) is 5.73. The Balaban J connectivity index is 1.76. The van der Waals surface area contributed by atoms with Crippen molar-refractivity contribution in [1.82, 2.24) is 10.2 Å². The molecule has 2 aliphatic rings. The summed E-state index contributed by atoms with van der Waals surface area (Å²) in [5.74, 6) is -0.00550. The Bertz CT molecular complexity index is 463. The van der Waals surface area contributed by atoms with Crippen LogP contribution >= 0.6 is 0 Å². The molecular formula is C15H20F2N2. The lowest BCUT2D eigenvalue weighted by Gasteiger charge is -2.38. The molecule has 2 saturated heterocycles. The quantitative estimate of drug-likeness (QED) is 0.885. The lowest BCUT2D eigenvalue weighted by molar-refractivity contribution is 0.120. The number of nitrogens with one attached hydrogen (secondary N) is 1. The minimum absolute atomic E-state index is 0.0581. The van der Waals surface area contributed by atoms with Gasteiger partial charge in [0.1, 0.15) is 11.6 Å². The average Bonchev–Trinajstić information content (AvgIpc) is 2.88. The Hall–Kier alpha value is -1.00. The summed E-state index contributed by atoms with van der Waals surface area (Å²) in [6, 6.07) is 4.31. The SMILES string of the molecule is CC(c1cc(F)ccc1F)N1CCC2NCCC2C1. The Morgan fingerprint density at radius 1 is 1.32 bits per heavy atom. The monoisotopic (exact) mass is 266 g/mol. The highest BCUT2D eigenvalue weighted by atomic mass is 19.1. The molecule has 0 radical (unpaired) electrons. The van der Waals surface area contributed by atoms with Crippen molar-refractivity contribution in [2.45, 2.75) is 31.8 Å². The van der Waals surface area contributed by atoms with E-state index in [1.54, 1.807) is 0 Å². The maximum atomic E-state index is 13.8. The molecule has 0 bridgehead atoms. The van der Waals surface area contributed by atoms with Crippen LogP contribution in [0.4, 0.5) is 8.78 Å². The summed E-state index contributed by atoms with van der Waals surface area (Å²) in [7, 11) is 0. The predicted octanol–water partition coefficient (Wildman–Crippen LogP) is 2.71. The third-order valence-electron chi connectivity index (χ3n) is 4.64. The van der Waals surface area contributed by atoms with Crippen LogP contribution in [0.15, 0.2) is 18.2 Å². The first kappa shape index (κ1) is 13.0. The number of fused-ring (bicyclic) bond motifs is 1. The van der Waals surface area contributed by atoms with Gasteiger partial charge in [-0.2, -0.15) is 0 Å². The molecule has 2 aliphatic heterocycles. The van der Waals surface area contributed by atoms with Crippen molar-refractivity contribution in [3.05, 3.63) is 35.4 Å². The van der Waals surface area contributed by atoms with Crippen LogP contribution in [0.2, 0.25) is 0 Å². The van der Waals surface area contributed by atoms with E-state index in [0.29, 0.717) is 17.5 Å². The van der Waals surface area contributed by atoms with E-state index in [-0.39, 0.29) is 17.7 Å². The predicted molar refractivity (Wildman–Crippen MR) is 70.9 cm³/mol. The lowest BCUT2D eigenvalue weighted by Crippen LogP contribution is -2.45. The summed E-state index contributed by atoms with van der Waals surface area (Å²) >= 11 is 0. The van der Waals surface area contributed by atoms with E-state index in [1.165, 1.54) is 24.6 Å². The normalized spacial score (nSPS) is 29.2. The minimum Gasteiger partial charge on any atom is -0.314 e. The number of rotatable bonds is 2. The van der Waals surface area contributed by atoms with Gasteiger partial charge in [-0.05, 0) is 50.4 Å². The zero-order chi connectivity index (χ0) is 13.4. The lowest BCUT2D eigenvalue weighted by atomic mass is 9.91.